The van der Waals surface area contributed by atoms with Crippen LogP contribution in [-0.2, 0) is 22.7 Å². The summed E-state index contributed by atoms with van der Waals surface area (Å²) in [5.74, 6) is -0.277. The van der Waals surface area contributed by atoms with Crippen LogP contribution in [0.15, 0.2) is 60.0 Å². The molecule has 3 aromatic rings. The first-order valence-corrected chi connectivity index (χ1v) is 13.5. The number of nitrogens with one attached hydrogen (secondary N) is 1. The van der Waals surface area contributed by atoms with Crippen LogP contribution in [0.1, 0.15) is 47.5 Å². The van der Waals surface area contributed by atoms with E-state index in [-0.39, 0.29) is 13.2 Å². The van der Waals surface area contributed by atoms with Crippen LogP contribution >= 0.6 is 11.3 Å². The highest BCUT2D eigenvalue weighted by Crippen LogP contribution is 2.29. The Bertz CT molecular complexity index is 1230. The number of piperidine rings is 1. The fourth-order valence-electron chi connectivity index (χ4n) is 5.07. The van der Waals surface area contributed by atoms with Gasteiger partial charge in [-0.3, -0.25) is 14.5 Å². The van der Waals surface area contributed by atoms with E-state index >= 15 is 0 Å². The standard InChI is InChI=1S/C28H33N5O3S.H2/c1-31(2)23-12-14-32(15-13-23)27(35)24-18-37-28(29-24)30-26(34)25(20-8-4-3-5-9-20)33-16-21-10-6-7-11-22(21)17-36-19-33;/h3-11,18,23,25H,12-17,19H2,1-2H3,(H,29,30,34);1H/t25-;/m1./s1. The highest BCUT2D eigenvalue weighted by Gasteiger charge is 2.31. The average Bonchev–Trinajstić information content (AvgIpc) is 3.27. The Morgan fingerprint density at radius 3 is 2.51 bits per heavy atom. The molecule has 37 heavy (non-hydrogen) atoms. The molecule has 8 nitrogen and oxygen atoms in total. The number of ether oxygens (including phenoxy) is 1. The molecule has 2 aliphatic rings. The van der Waals surface area contributed by atoms with Crippen molar-refractivity contribution in [1.29, 1.82) is 0 Å². The maximum absolute atomic E-state index is 13.7. The third-order valence-electron chi connectivity index (χ3n) is 7.17. The number of fused-ring (bicyclic) bond motifs is 1. The summed E-state index contributed by atoms with van der Waals surface area (Å²) in [6.45, 7) is 2.86. The number of nitrogens with zero attached hydrogens (tertiary/aromatic N) is 4. The summed E-state index contributed by atoms with van der Waals surface area (Å²) in [5, 5.41) is 5.14. The molecular weight excluding hydrogens is 486 g/mol. The predicted molar refractivity (Wildman–Crippen MR) is 146 cm³/mol. The molecule has 0 bridgehead atoms. The van der Waals surface area contributed by atoms with E-state index in [1.807, 2.05) is 52.3 Å². The number of amides is 2. The highest BCUT2D eigenvalue weighted by atomic mass is 32.1. The molecule has 3 heterocycles. The molecule has 9 heteroatoms. The van der Waals surface area contributed by atoms with Crippen molar-refractivity contribution >= 4 is 28.3 Å². The van der Waals surface area contributed by atoms with Crippen molar-refractivity contribution in [1.82, 2.24) is 19.7 Å². The molecule has 0 aliphatic carbocycles. The maximum atomic E-state index is 13.7. The van der Waals surface area contributed by atoms with E-state index in [0.29, 0.717) is 49.8 Å². The number of benzene rings is 2. The molecule has 196 valence electrons. The van der Waals surface area contributed by atoms with E-state index in [9.17, 15) is 9.59 Å². The van der Waals surface area contributed by atoms with E-state index in [1.165, 1.54) is 11.3 Å². The number of rotatable bonds is 6. The Morgan fingerprint density at radius 1 is 1.08 bits per heavy atom. The topological polar surface area (TPSA) is 78.0 Å². The van der Waals surface area contributed by atoms with Crippen LogP contribution in [0.5, 0.6) is 0 Å². The molecule has 0 spiro atoms. The van der Waals surface area contributed by atoms with E-state index in [1.54, 1.807) is 5.38 Å². The quantitative estimate of drug-likeness (QED) is 0.523. The largest absolute Gasteiger partial charge is 0.361 e. The lowest BCUT2D eigenvalue weighted by Gasteiger charge is -2.34. The van der Waals surface area contributed by atoms with Gasteiger partial charge in [0.05, 0.1) is 6.61 Å². The molecule has 2 aromatic carbocycles. The summed E-state index contributed by atoms with van der Waals surface area (Å²) in [6, 6.07) is 17.8. The van der Waals surface area contributed by atoms with E-state index in [2.05, 4.69) is 41.4 Å². The number of thiazole rings is 1. The number of hydrogen-bond acceptors (Lipinski definition) is 7. The Balaban J connectivity index is 0.00000336. The number of likely N-dealkylation sites (tertiary alicyclic amines) is 1. The van der Waals surface area contributed by atoms with E-state index in [4.69, 9.17) is 4.74 Å². The van der Waals surface area contributed by atoms with Crippen molar-refractivity contribution < 1.29 is 15.8 Å². The summed E-state index contributed by atoms with van der Waals surface area (Å²) in [7, 11) is 4.16. The monoisotopic (exact) mass is 521 g/mol. The van der Waals surface area contributed by atoms with Gasteiger partial charge in [0, 0.05) is 32.5 Å². The first-order valence-electron chi connectivity index (χ1n) is 12.6. The molecule has 0 saturated carbocycles. The lowest BCUT2D eigenvalue weighted by atomic mass is 10.0. The van der Waals surface area contributed by atoms with Crippen LogP contribution in [0.3, 0.4) is 0 Å². The zero-order valence-electron chi connectivity index (χ0n) is 21.3. The molecule has 1 fully saturated rings. The second-order valence-corrected chi connectivity index (χ2v) is 10.7. The van der Waals surface area contributed by atoms with E-state index in [0.717, 1.165) is 29.5 Å². The Hall–Kier alpha value is -3.11. The third kappa shape index (κ3) is 5.91. The SMILES string of the molecule is CN(C)C1CCN(C(=O)c2csc(NC(=O)[C@@H](c3ccccc3)N3COCc4ccccc4C3)n2)CC1.[HH]. The van der Waals surface area contributed by atoms with Crippen LogP contribution in [0.25, 0.3) is 0 Å². The minimum atomic E-state index is -0.569. The summed E-state index contributed by atoms with van der Waals surface area (Å²) < 4.78 is 5.94. The minimum absolute atomic E-state index is 0. The van der Waals surface area contributed by atoms with Crippen LogP contribution in [0, 0.1) is 0 Å². The van der Waals surface area contributed by atoms with Crippen molar-refractivity contribution in [2.24, 2.45) is 0 Å². The van der Waals surface area contributed by atoms with Gasteiger partial charge in [-0.15, -0.1) is 11.3 Å². The molecule has 5 rings (SSSR count). The lowest BCUT2D eigenvalue weighted by Crippen LogP contribution is -2.44. The van der Waals surface area contributed by atoms with Crippen LogP contribution in [0.4, 0.5) is 5.13 Å². The smallest absolute Gasteiger partial charge is 0.273 e. The summed E-state index contributed by atoms with van der Waals surface area (Å²) in [6.07, 6.45) is 1.90. The summed E-state index contributed by atoms with van der Waals surface area (Å²) >= 11 is 1.28. The van der Waals surface area contributed by atoms with Crippen molar-refractivity contribution in [2.45, 2.75) is 38.1 Å². The normalized spacial score (nSPS) is 17.8. The molecule has 2 amide bonds. The zero-order chi connectivity index (χ0) is 25.8. The summed E-state index contributed by atoms with van der Waals surface area (Å²) in [4.78, 5) is 37.3. The Kier molecular flexibility index (Phi) is 7.95. The first kappa shape index (κ1) is 25.5. The van der Waals surface area contributed by atoms with Crippen LogP contribution in [-0.4, -0.2) is 71.5 Å². The molecule has 1 N–H and O–H groups in total. The number of anilines is 1. The second kappa shape index (κ2) is 11.5. The highest BCUT2D eigenvalue weighted by molar-refractivity contribution is 7.14. The van der Waals surface area contributed by atoms with Crippen molar-refractivity contribution in [3.8, 4) is 0 Å². The van der Waals surface area contributed by atoms with E-state index < -0.39 is 6.04 Å². The van der Waals surface area contributed by atoms with Gasteiger partial charge in [0.25, 0.3) is 5.91 Å². The van der Waals surface area contributed by atoms with Gasteiger partial charge < -0.3 is 19.9 Å². The molecule has 0 radical (unpaired) electrons. The predicted octanol–water partition coefficient (Wildman–Crippen LogP) is 4.23. The summed E-state index contributed by atoms with van der Waals surface area (Å²) in [5.41, 5.74) is 3.54. The van der Waals surface area contributed by atoms with Gasteiger partial charge in [0.2, 0.25) is 5.91 Å². The van der Waals surface area contributed by atoms with Crippen LogP contribution in [0.2, 0.25) is 0 Å². The fourth-order valence-corrected chi connectivity index (χ4v) is 5.76. The van der Waals surface area contributed by atoms with Gasteiger partial charge in [-0.2, -0.15) is 0 Å². The molecule has 1 saturated heterocycles. The van der Waals surface area contributed by atoms with Gasteiger partial charge in [-0.05, 0) is 43.6 Å². The van der Waals surface area contributed by atoms with Gasteiger partial charge >= 0.3 is 0 Å². The maximum Gasteiger partial charge on any atom is 0.273 e. The molecule has 1 atom stereocenters. The average molecular weight is 522 g/mol. The number of carbonyl (C=O) groups excluding carboxylic acids is 2. The van der Waals surface area contributed by atoms with Gasteiger partial charge in [-0.25, -0.2) is 4.98 Å². The van der Waals surface area contributed by atoms with Crippen molar-refractivity contribution in [2.75, 3.05) is 39.2 Å². The van der Waals surface area contributed by atoms with Crippen LogP contribution < -0.4 is 5.32 Å². The minimum Gasteiger partial charge on any atom is -0.361 e. The van der Waals surface area contributed by atoms with Crippen molar-refractivity contribution in [3.63, 3.8) is 0 Å². The molecule has 1 aromatic heterocycles. The number of aromatic nitrogens is 1. The zero-order valence-corrected chi connectivity index (χ0v) is 22.1. The number of hydrogen-bond donors (Lipinski definition) is 1. The van der Waals surface area contributed by atoms with Crippen molar-refractivity contribution in [3.05, 3.63) is 82.4 Å². The second-order valence-electron chi connectivity index (χ2n) is 9.82. The van der Waals surface area contributed by atoms with Gasteiger partial charge in [-0.1, -0.05) is 54.6 Å². The van der Waals surface area contributed by atoms with Gasteiger partial charge in [0.15, 0.2) is 5.13 Å². The fraction of sp³-hybridized carbons (Fsp3) is 0.393. The Morgan fingerprint density at radius 2 is 1.78 bits per heavy atom. The molecular formula is C28H35N5O3S. The lowest BCUT2D eigenvalue weighted by molar-refractivity contribution is -0.124. The third-order valence-corrected chi connectivity index (χ3v) is 7.93. The molecule has 0 unspecified atom stereocenters. The molecule has 2 aliphatic heterocycles. The first-order chi connectivity index (χ1) is 18.0. The Labute approximate surface area is 223 Å². The van der Waals surface area contributed by atoms with Gasteiger partial charge in [0.1, 0.15) is 18.5 Å². The number of carbonyl (C=O) groups is 2.